The van der Waals surface area contributed by atoms with Crippen LogP contribution in [-0.2, 0) is 12.8 Å². The van der Waals surface area contributed by atoms with Crippen LogP contribution in [0.4, 0.5) is 5.69 Å². The van der Waals surface area contributed by atoms with Gasteiger partial charge in [0, 0.05) is 18.8 Å². The van der Waals surface area contributed by atoms with Crippen LogP contribution in [0.5, 0.6) is 0 Å². The van der Waals surface area contributed by atoms with E-state index in [0.29, 0.717) is 4.66 Å². The third kappa shape index (κ3) is 2.81. The number of benzene rings is 1. The molecule has 0 saturated carbocycles. The molecule has 0 radical (unpaired) electrons. The van der Waals surface area contributed by atoms with Gasteiger partial charge >= 0.3 is 0 Å². The van der Waals surface area contributed by atoms with Crippen LogP contribution in [0.3, 0.4) is 0 Å². The number of hydrogen-bond acceptors (Lipinski definition) is 5. The summed E-state index contributed by atoms with van der Waals surface area (Å²) in [5.41, 5.74) is 6.55. The van der Waals surface area contributed by atoms with E-state index in [4.69, 9.17) is 10.5 Å². The zero-order valence-electron chi connectivity index (χ0n) is 14.2. The Balaban J connectivity index is 1.85. The first-order valence-corrected chi connectivity index (χ1v) is 9.41. The molecule has 3 heterocycles. The molecule has 0 aliphatic carbocycles. The highest BCUT2D eigenvalue weighted by Gasteiger charge is 2.23. The first-order valence-electron chi connectivity index (χ1n) is 8.60. The van der Waals surface area contributed by atoms with Crippen LogP contribution < -0.4 is 14.1 Å². The molecular weight excluding hydrogens is 328 g/mol. The molecule has 0 amide bonds. The van der Waals surface area contributed by atoms with E-state index in [2.05, 4.69) is 28.1 Å². The van der Waals surface area contributed by atoms with Crippen LogP contribution in [0.25, 0.3) is 11.6 Å². The normalized spacial score (nSPS) is 16.1. The molecule has 0 atom stereocenters. The second-order valence-electron chi connectivity index (χ2n) is 6.59. The van der Waals surface area contributed by atoms with Crippen molar-refractivity contribution < 1.29 is 0 Å². The lowest BCUT2D eigenvalue weighted by molar-refractivity contribution is 0.634. The lowest BCUT2D eigenvalue weighted by atomic mass is 9.90. The van der Waals surface area contributed by atoms with Crippen molar-refractivity contribution in [1.82, 2.24) is 4.98 Å². The van der Waals surface area contributed by atoms with Gasteiger partial charge in [-0.2, -0.15) is 10.5 Å². The molecular formula is C20H18N4S. The summed E-state index contributed by atoms with van der Waals surface area (Å²) in [6.07, 6.45) is 6.89. The van der Waals surface area contributed by atoms with E-state index in [-0.39, 0.29) is 5.57 Å². The van der Waals surface area contributed by atoms with Crippen LogP contribution in [0.2, 0.25) is 0 Å². The lowest BCUT2D eigenvalue weighted by Crippen LogP contribution is -2.34. The average molecular weight is 346 g/mol. The van der Waals surface area contributed by atoms with Gasteiger partial charge in [-0.1, -0.05) is 0 Å². The second-order valence-corrected chi connectivity index (χ2v) is 7.62. The number of rotatable bonds is 1. The molecule has 4 rings (SSSR count). The number of nitrogens with zero attached hydrogens (tertiary/aromatic N) is 4. The third-order valence-corrected chi connectivity index (χ3v) is 6.04. The van der Waals surface area contributed by atoms with Gasteiger partial charge in [0.25, 0.3) is 0 Å². The SMILES string of the molecule is Cc1nc(=C(C#N)C#N)s/c1=C/c1cc2c3c(c1)CCCN3CCC2. The summed E-state index contributed by atoms with van der Waals surface area (Å²) >= 11 is 1.42. The Labute approximate surface area is 151 Å². The maximum absolute atomic E-state index is 9.04. The van der Waals surface area contributed by atoms with Crippen molar-refractivity contribution in [3.63, 3.8) is 0 Å². The minimum absolute atomic E-state index is 0.0870. The molecule has 2 aliphatic heterocycles. The molecule has 0 saturated heterocycles. The Morgan fingerprint density at radius 3 is 2.40 bits per heavy atom. The smallest absolute Gasteiger partial charge is 0.165 e. The van der Waals surface area contributed by atoms with Crippen molar-refractivity contribution in [2.75, 3.05) is 18.0 Å². The first-order chi connectivity index (χ1) is 12.2. The minimum Gasteiger partial charge on any atom is -0.371 e. The second kappa shape index (κ2) is 6.35. The van der Waals surface area contributed by atoms with E-state index in [0.717, 1.165) is 23.1 Å². The van der Waals surface area contributed by atoms with Crippen molar-refractivity contribution in [2.24, 2.45) is 0 Å². The van der Waals surface area contributed by atoms with Gasteiger partial charge in [0.1, 0.15) is 16.8 Å². The maximum Gasteiger partial charge on any atom is 0.165 e. The first kappa shape index (κ1) is 15.9. The van der Waals surface area contributed by atoms with Crippen LogP contribution >= 0.6 is 11.3 Å². The molecule has 25 heavy (non-hydrogen) atoms. The zero-order valence-corrected chi connectivity index (χ0v) is 15.0. The van der Waals surface area contributed by atoms with Gasteiger partial charge in [-0.15, -0.1) is 11.3 Å². The number of hydrogen-bond donors (Lipinski definition) is 0. The van der Waals surface area contributed by atoms with Crippen molar-refractivity contribution in [2.45, 2.75) is 32.6 Å². The fourth-order valence-electron chi connectivity index (χ4n) is 3.83. The van der Waals surface area contributed by atoms with Crippen LogP contribution in [0, 0.1) is 29.6 Å². The Morgan fingerprint density at radius 1 is 1.16 bits per heavy atom. The lowest BCUT2D eigenvalue weighted by Gasteiger charge is -2.37. The number of anilines is 1. The summed E-state index contributed by atoms with van der Waals surface area (Å²) in [5, 5.41) is 18.1. The summed E-state index contributed by atoms with van der Waals surface area (Å²) in [6.45, 7) is 4.30. The van der Waals surface area contributed by atoms with E-state index >= 15 is 0 Å². The van der Waals surface area contributed by atoms with Crippen LogP contribution in [0.15, 0.2) is 12.1 Å². The molecule has 4 nitrogen and oxygen atoms in total. The summed E-state index contributed by atoms with van der Waals surface area (Å²) in [5.74, 6) is 0. The third-order valence-electron chi connectivity index (χ3n) is 4.92. The topological polar surface area (TPSA) is 63.7 Å². The van der Waals surface area contributed by atoms with E-state index in [1.807, 2.05) is 19.1 Å². The van der Waals surface area contributed by atoms with Gasteiger partial charge in [-0.3, -0.25) is 0 Å². The molecule has 1 aromatic carbocycles. The summed E-state index contributed by atoms with van der Waals surface area (Å²) in [4.78, 5) is 6.94. The molecule has 0 bridgehead atoms. The zero-order chi connectivity index (χ0) is 17.4. The predicted molar refractivity (Wildman–Crippen MR) is 99.6 cm³/mol. The quantitative estimate of drug-likeness (QED) is 0.794. The summed E-state index contributed by atoms with van der Waals surface area (Å²) in [6, 6.07) is 8.46. The van der Waals surface area contributed by atoms with Crippen molar-refractivity contribution in [3.05, 3.63) is 43.7 Å². The van der Waals surface area contributed by atoms with Crippen molar-refractivity contribution >= 4 is 28.7 Å². The molecule has 0 unspecified atom stereocenters. The van der Waals surface area contributed by atoms with E-state index in [9.17, 15) is 0 Å². The van der Waals surface area contributed by atoms with E-state index in [1.54, 1.807) is 0 Å². The highest BCUT2D eigenvalue weighted by atomic mass is 32.1. The Bertz CT molecular complexity index is 1000. The predicted octanol–water partition coefficient (Wildman–Crippen LogP) is 2.18. The highest BCUT2D eigenvalue weighted by molar-refractivity contribution is 7.07. The minimum atomic E-state index is 0.0870. The maximum atomic E-state index is 9.04. The fourth-order valence-corrected chi connectivity index (χ4v) is 4.81. The standard InChI is InChI=1S/C20H18N4S/c1-13-18(25-20(23-13)17(11-21)12-22)10-14-8-15-4-2-6-24-7-3-5-16(9-14)19(15)24/h8-10H,2-7H2,1H3/b18-10+. The number of aryl methyl sites for hydroxylation is 3. The molecule has 0 fully saturated rings. The van der Waals surface area contributed by atoms with Gasteiger partial charge < -0.3 is 4.90 Å². The van der Waals surface area contributed by atoms with Crippen LogP contribution in [-0.4, -0.2) is 18.1 Å². The summed E-state index contributed by atoms with van der Waals surface area (Å²) < 4.78 is 1.54. The number of aromatic nitrogens is 1. The van der Waals surface area contributed by atoms with Crippen molar-refractivity contribution in [1.29, 1.82) is 10.5 Å². The molecule has 5 heteroatoms. The Hall–Kier alpha value is -2.63. The average Bonchev–Trinajstić information content (AvgIpc) is 2.97. The highest BCUT2D eigenvalue weighted by Crippen LogP contribution is 2.36. The molecule has 0 spiro atoms. The van der Waals surface area contributed by atoms with Gasteiger partial charge in [-0.05, 0) is 67.5 Å². The van der Waals surface area contributed by atoms with Gasteiger partial charge in [0.2, 0.25) is 0 Å². The molecule has 0 N–H and O–H groups in total. The van der Waals surface area contributed by atoms with E-state index in [1.165, 1.54) is 59.6 Å². The molecule has 2 aliphatic rings. The monoisotopic (exact) mass is 346 g/mol. The Kier molecular flexibility index (Phi) is 4.03. The number of nitriles is 2. The molecule has 2 aromatic rings. The van der Waals surface area contributed by atoms with Gasteiger partial charge in [0.15, 0.2) is 5.57 Å². The summed E-state index contributed by atoms with van der Waals surface area (Å²) in [7, 11) is 0. The van der Waals surface area contributed by atoms with E-state index < -0.39 is 0 Å². The van der Waals surface area contributed by atoms with Crippen molar-refractivity contribution in [3.8, 4) is 12.1 Å². The van der Waals surface area contributed by atoms with Crippen LogP contribution in [0.1, 0.15) is 35.2 Å². The fraction of sp³-hybridized carbons (Fsp3) is 0.350. The number of thiazole rings is 1. The largest absolute Gasteiger partial charge is 0.371 e. The molecule has 124 valence electrons. The van der Waals surface area contributed by atoms with Gasteiger partial charge in [-0.25, -0.2) is 4.98 Å². The van der Waals surface area contributed by atoms with Gasteiger partial charge in [0.05, 0.1) is 10.2 Å². The Morgan fingerprint density at radius 2 is 1.80 bits per heavy atom. The molecule has 1 aromatic heterocycles.